The summed E-state index contributed by atoms with van der Waals surface area (Å²) >= 11 is 6.04. The number of hydrogen-bond donors (Lipinski definition) is 0. The van der Waals surface area contributed by atoms with Gasteiger partial charge < -0.3 is 9.47 Å². The second kappa shape index (κ2) is 3.96. The standard InChI is InChI=1S/C12H15ClN2O3/c1-7-4-15-9-3-8(2)12(5-13,18-9)6-17-11(15)14-10(7)16/h4,8-9H,3,5-6H2,1-2H3/t8-,9-,12-/m1/s1. The molecule has 0 aromatic carbocycles. The molecular weight excluding hydrogens is 256 g/mol. The minimum atomic E-state index is -0.475. The first kappa shape index (κ1) is 12.0. The van der Waals surface area contributed by atoms with Gasteiger partial charge in [0.05, 0.1) is 5.88 Å². The van der Waals surface area contributed by atoms with Gasteiger partial charge in [0.25, 0.3) is 5.56 Å². The summed E-state index contributed by atoms with van der Waals surface area (Å²) in [5.41, 5.74) is -0.146. The number of rotatable bonds is 1. The van der Waals surface area contributed by atoms with Gasteiger partial charge >= 0.3 is 6.01 Å². The monoisotopic (exact) mass is 270 g/mol. The van der Waals surface area contributed by atoms with Crippen LogP contribution in [-0.2, 0) is 4.74 Å². The van der Waals surface area contributed by atoms with Crippen LogP contribution in [0.4, 0.5) is 0 Å². The Hall–Kier alpha value is -1.07. The Morgan fingerprint density at radius 1 is 1.67 bits per heavy atom. The van der Waals surface area contributed by atoms with Gasteiger partial charge in [0, 0.05) is 11.8 Å². The Bertz CT molecular complexity index is 545. The third-order valence-electron chi connectivity index (χ3n) is 3.89. The number of halogens is 1. The predicted octanol–water partition coefficient (Wildman–Crippen LogP) is 1.48. The Morgan fingerprint density at radius 3 is 3.17 bits per heavy atom. The van der Waals surface area contributed by atoms with Crippen LogP contribution in [0.25, 0.3) is 0 Å². The summed E-state index contributed by atoms with van der Waals surface area (Å²) in [5.74, 6) is 0.690. The first-order chi connectivity index (χ1) is 8.55. The van der Waals surface area contributed by atoms with Crippen LogP contribution in [0.5, 0.6) is 6.01 Å². The number of alkyl halides is 1. The van der Waals surface area contributed by atoms with Gasteiger partial charge in [-0.25, -0.2) is 0 Å². The first-order valence-corrected chi connectivity index (χ1v) is 6.55. The topological polar surface area (TPSA) is 53.4 Å². The number of hydrogen-bond acceptors (Lipinski definition) is 4. The number of aryl methyl sites for hydroxylation is 1. The van der Waals surface area contributed by atoms with Crippen molar-refractivity contribution in [3.8, 4) is 6.01 Å². The molecule has 5 nitrogen and oxygen atoms in total. The predicted molar refractivity (Wildman–Crippen MR) is 66.1 cm³/mol. The number of ether oxygens (including phenoxy) is 2. The Balaban J connectivity index is 2.09. The van der Waals surface area contributed by atoms with E-state index in [0.717, 1.165) is 6.42 Å². The molecule has 3 atom stereocenters. The van der Waals surface area contributed by atoms with Crippen molar-refractivity contribution in [2.24, 2.45) is 5.92 Å². The smallest absolute Gasteiger partial charge is 0.301 e. The average Bonchev–Trinajstić information content (AvgIpc) is 2.59. The lowest BCUT2D eigenvalue weighted by Crippen LogP contribution is -2.42. The second-order valence-corrected chi connectivity index (χ2v) is 5.38. The van der Waals surface area contributed by atoms with E-state index in [1.165, 1.54) is 0 Å². The normalized spacial score (nSPS) is 33.7. The van der Waals surface area contributed by atoms with Crippen LogP contribution in [0.2, 0.25) is 0 Å². The lowest BCUT2D eigenvalue weighted by Gasteiger charge is -2.28. The molecule has 0 saturated carbocycles. The third-order valence-corrected chi connectivity index (χ3v) is 4.35. The second-order valence-electron chi connectivity index (χ2n) is 5.12. The summed E-state index contributed by atoms with van der Waals surface area (Å²) < 4.78 is 13.5. The molecule has 3 heterocycles. The molecule has 6 heteroatoms. The van der Waals surface area contributed by atoms with Gasteiger partial charge in [0.2, 0.25) is 0 Å². The van der Waals surface area contributed by atoms with Gasteiger partial charge in [-0.1, -0.05) is 6.92 Å². The van der Waals surface area contributed by atoms with E-state index in [2.05, 4.69) is 11.9 Å². The summed E-state index contributed by atoms with van der Waals surface area (Å²) in [6.45, 7) is 4.18. The van der Waals surface area contributed by atoms with Gasteiger partial charge in [-0.05, 0) is 19.3 Å². The zero-order valence-corrected chi connectivity index (χ0v) is 11.1. The zero-order valence-electron chi connectivity index (χ0n) is 10.4. The van der Waals surface area contributed by atoms with Crippen LogP contribution in [0.15, 0.2) is 11.0 Å². The summed E-state index contributed by atoms with van der Waals surface area (Å²) in [6.07, 6.45) is 2.45. The molecule has 1 saturated heterocycles. The van der Waals surface area contributed by atoms with Gasteiger partial charge in [-0.3, -0.25) is 9.36 Å². The number of nitrogens with zero attached hydrogens (tertiary/aromatic N) is 2. The largest absolute Gasteiger partial charge is 0.461 e. The molecule has 0 N–H and O–H groups in total. The summed E-state index contributed by atoms with van der Waals surface area (Å²) in [4.78, 5) is 15.5. The van der Waals surface area contributed by atoms with E-state index in [4.69, 9.17) is 21.1 Å². The molecule has 0 amide bonds. The summed E-state index contributed by atoms with van der Waals surface area (Å²) in [6, 6.07) is 0.328. The molecule has 0 aliphatic carbocycles. The maximum absolute atomic E-state index is 11.6. The minimum Gasteiger partial charge on any atom is -0.461 e. The van der Waals surface area contributed by atoms with Crippen molar-refractivity contribution in [3.05, 3.63) is 22.1 Å². The highest BCUT2D eigenvalue weighted by Crippen LogP contribution is 2.45. The van der Waals surface area contributed by atoms with E-state index in [9.17, 15) is 4.79 Å². The Kier molecular flexibility index (Phi) is 2.64. The first-order valence-electron chi connectivity index (χ1n) is 6.02. The van der Waals surface area contributed by atoms with Crippen LogP contribution < -0.4 is 10.3 Å². The van der Waals surface area contributed by atoms with Crippen molar-refractivity contribution in [2.75, 3.05) is 12.5 Å². The fraction of sp³-hybridized carbons (Fsp3) is 0.667. The molecule has 2 aliphatic rings. The fourth-order valence-electron chi connectivity index (χ4n) is 2.55. The van der Waals surface area contributed by atoms with Crippen molar-refractivity contribution in [3.63, 3.8) is 0 Å². The molecule has 98 valence electrons. The Morgan fingerprint density at radius 2 is 2.44 bits per heavy atom. The van der Waals surface area contributed by atoms with Crippen molar-refractivity contribution >= 4 is 11.6 Å². The zero-order chi connectivity index (χ0) is 12.9. The molecule has 0 unspecified atom stereocenters. The SMILES string of the molecule is Cc1cn2c(nc1=O)OC[C@@]1(CCl)O[C@@H]2C[C@H]1C. The molecule has 3 rings (SSSR count). The van der Waals surface area contributed by atoms with Crippen LogP contribution in [0.3, 0.4) is 0 Å². The van der Waals surface area contributed by atoms with Gasteiger partial charge in [0.1, 0.15) is 18.4 Å². The van der Waals surface area contributed by atoms with E-state index in [-0.39, 0.29) is 11.8 Å². The van der Waals surface area contributed by atoms with Crippen molar-refractivity contribution in [1.82, 2.24) is 9.55 Å². The third kappa shape index (κ3) is 1.57. The molecule has 0 spiro atoms. The summed E-state index contributed by atoms with van der Waals surface area (Å²) in [7, 11) is 0. The van der Waals surface area contributed by atoms with Crippen molar-refractivity contribution in [2.45, 2.75) is 32.1 Å². The number of aromatic nitrogens is 2. The van der Waals surface area contributed by atoms with Crippen LogP contribution in [0, 0.1) is 12.8 Å². The number of fused-ring (bicyclic) bond motifs is 4. The van der Waals surface area contributed by atoms with Gasteiger partial charge in [-0.2, -0.15) is 4.98 Å². The quantitative estimate of drug-likeness (QED) is 0.726. The van der Waals surface area contributed by atoms with Crippen molar-refractivity contribution in [1.29, 1.82) is 0 Å². The van der Waals surface area contributed by atoms with Crippen molar-refractivity contribution < 1.29 is 9.47 Å². The minimum absolute atomic E-state index is 0.150. The summed E-state index contributed by atoms with van der Waals surface area (Å²) in [5, 5.41) is 0. The van der Waals surface area contributed by atoms with Crippen LogP contribution in [-0.4, -0.2) is 27.6 Å². The lowest BCUT2D eigenvalue weighted by atomic mass is 9.91. The molecular formula is C12H15ClN2O3. The molecule has 1 aromatic heterocycles. The Labute approximate surface area is 110 Å². The average molecular weight is 271 g/mol. The van der Waals surface area contributed by atoms with Crippen LogP contribution >= 0.6 is 11.6 Å². The lowest BCUT2D eigenvalue weighted by molar-refractivity contribution is -0.0723. The molecule has 1 fully saturated rings. The van der Waals surface area contributed by atoms with Gasteiger partial charge in [0.15, 0.2) is 0 Å². The van der Waals surface area contributed by atoms with E-state index < -0.39 is 5.60 Å². The molecule has 18 heavy (non-hydrogen) atoms. The van der Waals surface area contributed by atoms with E-state index >= 15 is 0 Å². The molecule has 2 bridgehead atoms. The molecule has 2 aliphatic heterocycles. The highest BCUT2D eigenvalue weighted by molar-refractivity contribution is 6.18. The maximum Gasteiger partial charge on any atom is 0.301 e. The van der Waals surface area contributed by atoms with E-state index in [1.54, 1.807) is 17.7 Å². The van der Waals surface area contributed by atoms with Gasteiger partial charge in [-0.15, -0.1) is 11.6 Å². The molecule has 0 radical (unpaired) electrons. The maximum atomic E-state index is 11.6. The van der Waals surface area contributed by atoms with E-state index in [0.29, 0.717) is 30.0 Å². The van der Waals surface area contributed by atoms with E-state index in [1.807, 2.05) is 0 Å². The highest BCUT2D eigenvalue weighted by Gasteiger charge is 2.49. The fourth-order valence-corrected chi connectivity index (χ4v) is 2.96. The van der Waals surface area contributed by atoms with Crippen LogP contribution in [0.1, 0.15) is 25.1 Å². The molecule has 1 aromatic rings. The highest BCUT2D eigenvalue weighted by atomic mass is 35.5.